The van der Waals surface area contributed by atoms with Gasteiger partial charge in [0.05, 0.1) is 0 Å². The number of piperazine rings is 1. The lowest BCUT2D eigenvalue weighted by Crippen LogP contribution is -2.47. The molecule has 1 saturated carbocycles. The normalized spacial score (nSPS) is 25.5. The molecule has 0 N–H and O–H groups in total. The Morgan fingerprint density at radius 2 is 1.50 bits per heavy atom. The molecule has 0 aromatic heterocycles. The molecular formula is C11H21BrN2. The number of halogens is 1. The van der Waals surface area contributed by atoms with Gasteiger partial charge in [-0.05, 0) is 18.9 Å². The molecule has 0 aromatic rings. The van der Waals surface area contributed by atoms with E-state index in [9.17, 15) is 0 Å². The van der Waals surface area contributed by atoms with Crippen LogP contribution in [0.2, 0.25) is 0 Å². The zero-order chi connectivity index (χ0) is 9.80. The molecule has 0 unspecified atom stereocenters. The lowest BCUT2D eigenvalue weighted by Gasteiger charge is -2.34. The van der Waals surface area contributed by atoms with Gasteiger partial charge in [-0.2, -0.15) is 0 Å². The SMILES string of the molecule is BrCCN1CCN(CCC2CC2)CC1. The molecule has 2 aliphatic rings. The molecule has 2 rings (SSSR count). The lowest BCUT2D eigenvalue weighted by atomic mass is 10.2. The molecule has 2 fully saturated rings. The van der Waals surface area contributed by atoms with Crippen molar-refractivity contribution in [3.63, 3.8) is 0 Å². The summed E-state index contributed by atoms with van der Waals surface area (Å²) >= 11 is 3.50. The Hall–Kier alpha value is 0.400. The zero-order valence-corrected chi connectivity index (χ0v) is 10.5. The van der Waals surface area contributed by atoms with Crippen LogP contribution in [0.4, 0.5) is 0 Å². The van der Waals surface area contributed by atoms with Crippen LogP contribution in [0.5, 0.6) is 0 Å². The summed E-state index contributed by atoms with van der Waals surface area (Å²) in [5.41, 5.74) is 0. The summed E-state index contributed by atoms with van der Waals surface area (Å²) in [7, 11) is 0. The van der Waals surface area contributed by atoms with Crippen molar-refractivity contribution in [2.75, 3.05) is 44.6 Å². The van der Waals surface area contributed by atoms with Gasteiger partial charge in [0.2, 0.25) is 0 Å². The van der Waals surface area contributed by atoms with Crippen LogP contribution in [0.1, 0.15) is 19.3 Å². The standard InChI is InChI=1S/C11H21BrN2/c12-4-6-14-9-7-13(8-10-14)5-3-11-1-2-11/h11H,1-10H2. The van der Waals surface area contributed by atoms with Gasteiger partial charge in [0, 0.05) is 38.1 Å². The van der Waals surface area contributed by atoms with Crippen molar-refractivity contribution in [1.82, 2.24) is 9.80 Å². The Balaban J connectivity index is 1.57. The number of nitrogens with zero attached hydrogens (tertiary/aromatic N) is 2. The first kappa shape index (κ1) is 10.9. The maximum atomic E-state index is 3.50. The molecule has 1 aliphatic carbocycles. The fourth-order valence-corrected chi connectivity index (χ4v) is 2.63. The van der Waals surface area contributed by atoms with E-state index in [-0.39, 0.29) is 0 Å². The van der Waals surface area contributed by atoms with E-state index in [1.165, 1.54) is 58.5 Å². The van der Waals surface area contributed by atoms with Crippen LogP contribution in [-0.2, 0) is 0 Å². The quantitative estimate of drug-likeness (QED) is 0.696. The summed E-state index contributed by atoms with van der Waals surface area (Å²) in [6.07, 6.45) is 4.46. The molecular weight excluding hydrogens is 240 g/mol. The highest BCUT2D eigenvalue weighted by atomic mass is 79.9. The van der Waals surface area contributed by atoms with E-state index in [0.717, 1.165) is 11.2 Å². The van der Waals surface area contributed by atoms with Crippen molar-refractivity contribution in [1.29, 1.82) is 0 Å². The van der Waals surface area contributed by atoms with Crippen molar-refractivity contribution >= 4 is 15.9 Å². The largest absolute Gasteiger partial charge is 0.301 e. The van der Waals surface area contributed by atoms with E-state index >= 15 is 0 Å². The predicted molar refractivity (Wildman–Crippen MR) is 64.0 cm³/mol. The second-order valence-corrected chi connectivity index (χ2v) is 5.40. The van der Waals surface area contributed by atoms with Crippen molar-refractivity contribution < 1.29 is 0 Å². The number of rotatable bonds is 5. The molecule has 0 spiro atoms. The maximum absolute atomic E-state index is 3.50. The van der Waals surface area contributed by atoms with Crippen LogP contribution in [0, 0.1) is 5.92 Å². The van der Waals surface area contributed by atoms with Gasteiger partial charge in [0.25, 0.3) is 0 Å². The maximum Gasteiger partial charge on any atom is 0.0159 e. The molecule has 1 saturated heterocycles. The number of alkyl halides is 1. The van der Waals surface area contributed by atoms with E-state index in [1.54, 1.807) is 0 Å². The minimum Gasteiger partial charge on any atom is -0.301 e. The Morgan fingerprint density at radius 3 is 2.00 bits per heavy atom. The summed E-state index contributed by atoms with van der Waals surface area (Å²) in [4.78, 5) is 5.20. The zero-order valence-electron chi connectivity index (χ0n) is 8.92. The van der Waals surface area contributed by atoms with Crippen molar-refractivity contribution in [3.05, 3.63) is 0 Å². The van der Waals surface area contributed by atoms with Crippen LogP contribution in [0.3, 0.4) is 0 Å². The van der Waals surface area contributed by atoms with Crippen LogP contribution in [0.25, 0.3) is 0 Å². The van der Waals surface area contributed by atoms with Crippen LogP contribution in [-0.4, -0.2) is 54.4 Å². The predicted octanol–water partition coefficient (Wildman–Crippen LogP) is 1.80. The molecule has 0 bridgehead atoms. The van der Waals surface area contributed by atoms with Crippen LogP contribution >= 0.6 is 15.9 Å². The average molecular weight is 261 g/mol. The van der Waals surface area contributed by atoms with Crippen molar-refractivity contribution in [2.24, 2.45) is 5.92 Å². The topological polar surface area (TPSA) is 6.48 Å². The molecule has 1 aliphatic heterocycles. The molecule has 0 radical (unpaired) electrons. The highest BCUT2D eigenvalue weighted by Crippen LogP contribution is 2.32. The summed E-state index contributed by atoms with van der Waals surface area (Å²) in [5, 5.41) is 1.12. The Morgan fingerprint density at radius 1 is 0.929 bits per heavy atom. The molecule has 0 amide bonds. The molecule has 3 heteroatoms. The lowest BCUT2D eigenvalue weighted by molar-refractivity contribution is 0.136. The molecule has 14 heavy (non-hydrogen) atoms. The molecule has 0 aromatic carbocycles. The minimum absolute atomic E-state index is 1.09. The van der Waals surface area contributed by atoms with Gasteiger partial charge in [-0.25, -0.2) is 0 Å². The molecule has 1 heterocycles. The third kappa shape index (κ3) is 3.52. The third-order valence-corrected chi connectivity index (χ3v) is 3.77. The highest BCUT2D eigenvalue weighted by Gasteiger charge is 2.23. The van der Waals surface area contributed by atoms with E-state index in [1.807, 2.05) is 0 Å². The minimum atomic E-state index is 1.09. The van der Waals surface area contributed by atoms with E-state index in [2.05, 4.69) is 25.7 Å². The fourth-order valence-electron chi connectivity index (χ4n) is 2.13. The molecule has 2 nitrogen and oxygen atoms in total. The second-order valence-electron chi connectivity index (χ2n) is 4.60. The Kier molecular flexibility index (Phi) is 4.26. The van der Waals surface area contributed by atoms with Crippen LogP contribution < -0.4 is 0 Å². The molecule has 0 atom stereocenters. The average Bonchev–Trinajstić information content (AvgIpc) is 3.01. The van der Waals surface area contributed by atoms with Gasteiger partial charge in [0.15, 0.2) is 0 Å². The Labute approximate surface area is 95.8 Å². The Bertz CT molecular complexity index is 163. The molecule has 82 valence electrons. The van der Waals surface area contributed by atoms with Gasteiger partial charge >= 0.3 is 0 Å². The first-order valence-electron chi connectivity index (χ1n) is 5.89. The third-order valence-electron chi connectivity index (χ3n) is 3.42. The van der Waals surface area contributed by atoms with Crippen molar-refractivity contribution in [2.45, 2.75) is 19.3 Å². The summed E-state index contributed by atoms with van der Waals surface area (Å²) in [5.74, 6) is 1.09. The monoisotopic (exact) mass is 260 g/mol. The summed E-state index contributed by atoms with van der Waals surface area (Å²) < 4.78 is 0. The second kappa shape index (κ2) is 5.47. The van der Waals surface area contributed by atoms with Crippen molar-refractivity contribution in [3.8, 4) is 0 Å². The first-order valence-corrected chi connectivity index (χ1v) is 7.01. The van der Waals surface area contributed by atoms with Gasteiger partial charge in [0.1, 0.15) is 0 Å². The number of hydrogen-bond donors (Lipinski definition) is 0. The van der Waals surface area contributed by atoms with E-state index in [4.69, 9.17) is 0 Å². The highest BCUT2D eigenvalue weighted by molar-refractivity contribution is 9.09. The fraction of sp³-hybridized carbons (Fsp3) is 1.00. The van der Waals surface area contributed by atoms with Gasteiger partial charge in [-0.15, -0.1) is 0 Å². The van der Waals surface area contributed by atoms with E-state index in [0.29, 0.717) is 0 Å². The van der Waals surface area contributed by atoms with Gasteiger partial charge < -0.3 is 4.90 Å². The summed E-state index contributed by atoms with van der Waals surface area (Å²) in [6.45, 7) is 7.70. The summed E-state index contributed by atoms with van der Waals surface area (Å²) in [6, 6.07) is 0. The van der Waals surface area contributed by atoms with E-state index < -0.39 is 0 Å². The van der Waals surface area contributed by atoms with Gasteiger partial charge in [-0.1, -0.05) is 28.8 Å². The first-order chi connectivity index (χ1) is 6.88. The number of hydrogen-bond acceptors (Lipinski definition) is 2. The van der Waals surface area contributed by atoms with Gasteiger partial charge in [-0.3, -0.25) is 4.90 Å². The van der Waals surface area contributed by atoms with Crippen LogP contribution in [0.15, 0.2) is 0 Å². The smallest absolute Gasteiger partial charge is 0.0159 e.